The molecule has 0 heterocycles. The molecule has 0 fully saturated rings. The van der Waals surface area contributed by atoms with Gasteiger partial charge < -0.3 is 24.6 Å². The fraction of sp³-hybridized carbons (Fsp3) is 0.850. The monoisotopic (exact) mass is 747 g/mol. The highest BCUT2D eigenvalue weighted by molar-refractivity contribution is 7.47. The zero-order chi connectivity index (χ0) is 37.7. The van der Waals surface area contributed by atoms with E-state index in [1.165, 1.54) is 89.9 Å². The van der Waals surface area contributed by atoms with Gasteiger partial charge in [-0.05, 0) is 44.9 Å². The van der Waals surface area contributed by atoms with E-state index >= 15 is 0 Å². The number of aliphatic hydroxyl groups is 2. The maximum Gasteiger partial charge on any atom is 0.472 e. The minimum Gasteiger partial charge on any atom is -0.462 e. The van der Waals surface area contributed by atoms with E-state index in [1.807, 2.05) is 0 Å². The Kier molecular flexibility index (Phi) is 35.7. The molecular formula is C40H75O10P. The number of hydrogen-bond acceptors (Lipinski definition) is 9. The van der Waals surface area contributed by atoms with E-state index < -0.39 is 51.8 Å². The Morgan fingerprint density at radius 2 is 1.02 bits per heavy atom. The van der Waals surface area contributed by atoms with E-state index in [4.69, 9.17) is 19.1 Å². The van der Waals surface area contributed by atoms with Crippen molar-refractivity contribution in [3.05, 3.63) is 24.3 Å². The maximum absolute atomic E-state index is 12.6. The number of hydrogen-bond donors (Lipinski definition) is 3. The third kappa shape index (κ3) is 36.6. The van der Waals surface area contributed by atoms with E-state index in [0.29, 0.717) is 12.8 Å². The lowest BCUT2D eigenvalue weighted by Gasteiger charge is -2.20. The topological polar surface area (TPSA) is 149 Å². The molecule has 300 valence electrons. The summed E-state index contributed by atoms with van der Waals surface area (Å²) >= 11 is 0. The highest BCUT2D eigenvalue weighted by atomic mass is 31.2. The van der Waals surface area contributed by atoms with Crippen LogP contribution in [-0.4, -0.2) is 65.7 Å². The summed E-state index contributed by atoms with van der Waals surface area (Å²) in [5.41, 5.74) is 0. The Balaban J connectivity index is 4.31. The van der Waals surface area contributed by atoms with Crippen LogP contribution in [0.15, 0.2) is 24.3 Å². The molecule has 10 nitrogen and oxygen atoms in total. The molecular weight excluding hydrogens is 671 g/mol. The third-order valence-corrected chi connectivity index (χ3v) is 9.56. The smallest absolute Gasteiger partial charge is 0.462 e. The van der Waals surface area contributed by atoms with Crippen molar-refractivity contribution in [2.45, 2.75) is 193 Å². The molecule has 0 amide bonds. The van der Waals surface area contributed by atoms with E-state index in [9.17, 15) is 24.2 Å². The summed E-state index contributed by atoms with van der Waals surface area (Å²) in [6.45, 7) is 2.34. The first-order chi connectivity index (χ1) is 24.7. The molecule has 0 rings (SSSR count). The molecule has 51 heavy (non-hydrogen) atoms. The predicted octanol–water partition coefficient (Wildman–Crippen LogP) is 10.2. The van der Waals surface area contributed by atoms with Gasteiger partial charge >= 0.3 is 19.8 Å². The normalized spacial score (nSPS) is 14.2. The van der Waals surface area contributed by atoms with Crippen LogP contribution >= 0.6 is 7.82 Å². The van der Waals surface area contributed by atoms with Crippen molar-refractivity contribution in [2.24, 2.45) is 0 Å². The van der Waals surface area contributed by atoms with Gasteiger partial charge in [-0.15, -0.1) is 0 Å². The average molecular weight is 747 g/mol. The molecule has 0 aliphatic rings. The van der Waals surface area contributed by atoms with Crippen LogP contribution in [0.25, 0.3) is 0 Å². The van der Waals surface area contributed by atoms with Crippen LogP contribution in [-0.2, 0) is 32.7 Å². The summed E-state index contributed by atoms with van der Waals surface area (Å²) in [5.74, 6) is -0.932. The lowest BCUT2D eigenvalue weighted by Crippen LogP contribution is -2.29. The van der Waals surface area contributed by atoms with Crippen molar-refractivity contribution in [1.29, 1.82) is 0 Å². The second-order valence-corrected chi connectivity index (χ2v) is 15.1. The minimum atomic E-state index is -4.61. The lowest BCUT2D eigenvalue weighted by atomic mass is 10.1. The molecule has 11 heteroatoms. The van der Waals surface area contributed by atoms with Gasteiger partial charge in [-0.3, -0.25) is 18.6 Å². The SMILES string of the molecule is CCCCCC/C=C\C/C=C\CCCCCCCCCC(=O)OC(COC(=O)CCCCCCCCCCCC)COP(=O)(O)OCC(O)CO. The first-order valence-corrected chi connectivity index (χ1v) is 21.8. The molecule has 0 aliphatic heterocycles. The number of aliphatic hydroxyl groups excluding tert-OH is 2. The highest BCUT2D eigenvalue weighted by Crippen LogP contribution is 2.43. The molecule has 0 saturated heterocycles. The van der Waals surface area contributed by atoms with Crippen LogP contribution in [0.1, 0.15) is 181 Å². The largest absolute Gasteiger partial charge is 0.472 e. The van der Waals surface area contributed by atoms with Crippen LogP contribution in [0, 0.1) is 0 Å². The third-order valence-electron chi connectivity index (χ3n) is 8.61. The van der Waals surface area contributed by atoms with E-state index in [0.717, 1.165) is 51.4 Å². The predicted molar refractivity (Wildman–Crippen MR) is 205 cm³/mol. The van der Waals surface area contributed by atoms with Gasteiger partial charge in [-0.2, -0.15) is 0 Å². The van der Waals surface area contributed by atoms with Crippen molar-refractivity contribution in [3.8, 4) is 0 Å². The van der Waals surface area contributed by atoms with Crippen molar-refractivity contribution < 1.29 is 47.8 Å². The number of rotatable bonds is 38. The Labute approximate surface area is 310 Å². The van der Waals surface area contributed by atoms with Crippen LogP contribution in [0.4, 0.5) is 0 Å². The fourth-order valence-electron chi connectivity index (χ4n) is 5.43. The number of carbonyl (C=O) groups is 2. The molecule has 0 radical (unpaired) electrons. The lowest BCUT2D eigenvalue weighted by molar-refractivity contribution is -0.161. The first-order valence-electron chi connectivity index (χ1n) is 20.3. The van der Waals surface area contributed by atoms with Gasteiger partial charge in [0.1, 0.15) is 12.7 Å². The molecule has 0 aliphatic carbocycles. The van der Waals surface area contributed by atoms with Gasteiger partial charge in [0.2, 0.25) is 0 Å². The van der Waals surface area contributed by atoms with Gasteiger partial charge in [0, 0.05) is 12.8 Å². The van der Waals surface area contributed by atoms with Crippen molar-refractivity contribution in [1.82, 2.24) is 0 Å². The molecule has 0 saturated carbocycles. The van der Waals surface area contributed by atoms with Crippen molar-refractivity contribution in [3.63, 3.8) is 0 Å². The molecule has 0 spiro atoms. The number of allylic oxidation sites excluding steroid dienone is 4. The first kappa shape index (κ1) is 49.5. The quantitative estimate of drug-likeness (QED) is 0.0241. The van der Waals surface area contributed by atoms with Gasteiger partial charge in [0.15, 0.2) is 6.10 Å². The second-order valence-electron chi connectivity index (χ2n) is 13.7. The number of ether oxygens (including phenoxy) is 2. The number of carbonyl (C=O) groups excluding carboxylic acids is 2. The van der Waals surface area contributed by atoms with Gasteiger partial charge in [0.05, 0.1) is 19.8 Å². The van der Waals surface area contributed by atoms with Crippen LogP contribution < -0.4 is 0 Å². The van der Waals surface area contributed by atoms with E-state index in [2.05, 4.69) is 42.7 Å². The van der Waals surface area contributed by atoms with E-state index in [1.54, 1.807) is 0 Å². The number of esters is 2. The Hall–Kier alpha value is -1.55. The zero-order valence-corrected chi connectivity index (χ0v) is 33.2. The summed E-state index contributed by atoms with van der Waals surface area (Å²) in [5, 5.41) is 18.3. The Bertz CT molecular complexity index is 910. The van der Waals surface area contributed by atoms with Crippen LogP contribution in [0.3, 0.4) is 0 Å². The molecule has 3 N–H and O–H groups in total. The van der Waals surface area contributed by atoms with Gasteiger partial charge in [-0.1, -0.05) is 147 Å². The molecule has 3 unspecified atom stereocenters. The molecule has 0 aromatic rings. The molecule has 0 aromatic heterocycles. The molecule has 3 atom stereocenters. The second kappa shape index (κ2) is 36.8. The van der Waals surface area contributed by atoms with Gasteiger partial charge in [0.25, 0.3) is 0 Å². The fourth-order valence-corrected chi connectivity index (χ4v) is 6.22. The summed E-state index contributed by atoms with van der Waals surface area (Å²) < 4.78 is 32.6. The van der Waals surface area contributed by atoms with Crippen molar-refractivity contribution in [2.75, 3.05) is 26.4 Å². The molecule has 0 aromatic carbocycles. The number of unbranched alkanes of at least 4 members (excludes halogenated alkanes) is 20. The highest BCUT2D eigenvalue weighted by Gasteiger charge is 2.27. The Morgan fingerprint density at radius 1 is 0.588 bits per heavy atom. The summed E-state index contributed by atoms with van der Waals surface area (Å²) in [6.07, 6.45) is 34.3. The summed E-state index contributed by atoms with van der Waals surface area (Å²) in [4.78, 5) is 34.8. The standard InChI is InChI=1S/C40H75O10P/c1-3-5-7-9-11-13-15-16-17-18-19-20-21-22-24-26-28-30-32-40(44)50-38(36-49-51(45,46)48-34-37(42)33-41)35-47-39(43)31-29-27-25-23-14-12-10-8-6-4-2/h13,15,17-18,37-38,41-42H,3-12,14,16,19-36H2,1-2H3,(H,45,46)/b15-13-,18-17-. The zero-order valence-electron chi connectivity index (χ0n) is 32.3. The van der Waals surface area contributed by atoms with Crippen molar-refractivity contribution >= 4 is 19.8 Å². The maximum atomic E-state index is 12.6. The number of phosphoric acid groups is 1. The summed E-state index contributed by atoms with van der Waals surface area (Å²) in [6, 6.07) is 0. The Morgan fingerprint density at radius 3 is 1.53 bits per heavy atom. The van der Waals surface area contributed by atoms with E-state index in [-0.39, 0.29) is 19.4 Å². The average Bonchev–Trinajstić information content (AvgIpc) is 3.12. The van der Waals surface area contributed by atoms with Crippen LogP contribution in [0.5, 0.6) is 0 Å². The molecule has 0 bridgehead atoms. The van der Waals surface area contributed by atoms with Gasteiger partial charge in [-0.25, -0.2) is 4.57 Å². The minimum absolute atomic E-state index is 0.178. The summed E-state index contributed by atoms with van der Waals surface area (Å²) in [7, 11) is -4.61. The van der Waals surface area contributed by atoms with Crippen LogP contribution in [0.2, 0.25) is 0 Å². The number of phosphoric ester groups is 1.